The molecule has 16 heavy (non-hydrogen) atoms. The Morgan fingerprint density at radius 3 is 2.44 bits per heavy atom. The van der Waals surface area contributed by atoms with Crippen molar-refractivity contribution in [1.29, 1.82) is 0 Å². The fraction of sp³-hybridized carbons (Fsp3) is 1.00. The predicted octanol–water partition coefficient (Wildman–Crippen LogP) is 1.84. The molecule has 2 N–H and O–H groups in total. The van der Waals surface area contributed by atoms with Crippen molar-refractivity contribution >= 4 is 0 Å². The summed E-state index contributed by atoms with van der Waals surface area (Å²) in [6.45, 7) is 1.99. The smallest absolute Gasteiger partial charge is 0.0483 e. The number of aliphatic hydroxyl groups excluding tert-OH is 1. The van der Waals surface area contributed by atoms with Crippen LogP contribution in [0.3, 0.4) is 0 Å². The standard InChI is InChI=1S/C13H25NO2/c15-9-6-13(7-10-16-11-8-13)14-12-4-2-1-3-5-12/h12,14-15H,1-11H2. The van der Waals surface area contributed by atoms with Crippen molar-refractivity contribution in [3.8, 4) is 0 Å². The van der Waals surface area contributed by atoms with E-state index in [1.807, 2.05) is 0 Å². The molecule has 1 saturated heterocycles. The van der Waals surface area contributed by atoms with Crippen molar-refractivity contribution in [3.63, 3.8) is 0 Å². The van der Waals surface area contributed by atoms with Crippen LogP contribution >= 0.6 is 0 Å². The molecular formula is C13H25NO2. The third kappa shape index (κ3) is 3.19. The highest BCUT2D eigenvalue weighted by molar-refractivity contribution is 4.93. The minimum Gasteiger partial charge on any atom is -0.396 e. The summed E-state index contributed by atoms with van der Waals surface area (Å²) in [5.74, 6) is 0. The van der Waals surface area contributed by atoms with E-state index in [1.165, 1.54) is 32.1 Å². The van der Waals surface area contributed by atoms with Crippen LogP contribution in [0.1, 0.15) is 51.4 Å². The second-order valence-electron chi connectivity index (χ2n) is 5.35. The fourth-order valence-electron chi connectivity index (χ4n) is 3.12. The van der Waals surface area contributed by atoms with Gasteiger partial charge >= 0.3 is 0 Å². The first-order valence-corrected chi connectivity index (χ1v) is 6.81. The highest BCUT2D eigenvalue weighted by Crippen LogP contribution is 2.28. The molecule has 0 amide bonds. The number of aliphatic hydroxyl groups is 1. The number of rotatable bonds is 4. The summed E-state index contributed by atoms with van der Waals surface area (Å²) in [4.78, 5) is 0. The highest BCUT2D eigenvalue weighted by Gasteiger charge is 2.34. The van der Waals surface area contributed by atoms with Crippen LogP contribution in [0.2, 0.25) is 0 Å². The normalized spacial score (nSPS) is 26.8. The lowest BCUT2D eigenvalue weighted by Gasteiger charge is -2.42. The van der Waals surface area contributed by atoms with Crippen LogP contribution in [0.5, 0.6) is 0 Å². The Hall–Kier alpha value is -0.120. The van der Waals surface area contributed by atoms with Gasteiger partial charge in [-0.1, -0.05) is 19.3 Å². The Morgan fingerprint density at radius 1 is 1.12 bits per heavy atom. The van der Waals surface area contributed by atoms with Gasteiger partial charge in [0.05, 0.1) is 0 Å². The molecule has 0 aromatic carbocycles. The number of nitrogens with one attached hydrogen (secondary N) is 1. The molecule has 94 valence electrons. The summed E-state index contributed by atoms with van der Waals surface area (Å²) in [5.41, 5.74) is 0.162. The molecule has 1 aliphatic heterocycles. The van der Waals surface area contributed by atoms with Crippen LogP contribution in [0.25, 0.3) is 0 Å². The van der Waals surface area contributed by atoms with Crippen LogP contribution in [-0.4, -0.2) is 36.5 Å². The molecule has 0 aromatic heterocycles. The van der Waals surface area contributed by atoms with E-state index in [9.17, 15) is 5.11 Å². The maximum Gasteiger partial charge on any atom is 0.0483 e. The fourth-order valence-corrected chi connectivity index (χ4v) is 3.12. The lowest BCUT2D eigenvalue weighted by molar-refractivity contribution is 0.0200. The van der Waals surface area contributed by atoms with E-state index in [2.05, 4.69) is 5.32 Å². The lowest BCUT2D eigenvalue weighted by Crippen LogP contribution is -2.54. The molecular weight excluding hydrogens is 202 g/mol. The lowest BCUT2D eigenvalue weighted by atomic mass is 9.84. The minimum atomic E-state index is 0.162. The molecule has 0 bridgehead atoms. The summed E-state index contributed by atoms with van der Waals surface area (Å²) in [6, 6.07) is 0.679. The molecule has 0 atom stereocenters. The van der Waals surface area contributed by atoms with E-state index < -0.39 is 0 Å². The summed E-state index contributed by atoms with van der Waals surface area (Å²) in [7, 11) is 0. The Morgan fingerprint density at radius 2 is 1.81 bits per heavy atom. The van der Waals surface area contributed by atoms with Gasteiger partial charge in [0.2, 0.25) is 0 Å². The molecule has 2 rings (SSSR count). The maximum atomic E-state index is 9.23. The van der Waals surface area contributed by atoms with Crippen molar-refractivity contribution in [2.75, 3.05) is 19.8 Å². The Labute approximate surface area is 98.6 Å². The Kier molecular flexibility index (Phi) is 4.62. The quantitative estimate of drug-likeness (QED) is 0.770. The molecule has 3 nitrogen and oxygen atoms in total. The van der Waals surface area contributed by atoms with E-state index in [1.54, 1.807) is 0 Å². The molecule has 0 unspecified atom stereocenters. The first kappa shape index (κ1) is 12.3. The number of hydrogen-bond acceptors (Lipinski definition) is 3. The van der Waals surface area contributed by atoms with Crippen molar-refractivity contribution in [2.24, 2.45) is 0 Å². The zero-order chi connectivity index (χ0) is 11.3. The molecule has 1 aliphatic carbocycles. The average Bonchev–Trinajstić information content (AvgIpc) is 2.31. The molecule has 1 heterocycles. The first-order chi connectivity index (χ1) is 7.85. The van der Waals surface area contributed by atoms with Crippen LogP contribution in [0, 0.1) is 0 Å². The van der Waals surface area contributed by atoms with E-state index in [0.29, 0.717) is 12.6 Å². The molecule has 0 spiro atoms. The Bertz CT molecular complexity index is 191. The monoisotopic (exact) mass is 227 g/mol. The zero-order valence-corrected chi connectivity index (χ0v) is 10.2. The van der Waals surface area contributed by atoms with Gasteiger partial charge in [-0.05, 0) is 32.1 Å². The summed E-state index contributed by atoms with van der Waals surface area (Å²) < 4.78 is 5.44. The van der Waals surface area contributed by atoms with Gasteiger partial charge in [0.1, 0.15) is 0 Å². The second kappa shape index (κ2) is 5.99. The molecule has 2 fully saturated rings. The van der Waals surface area contributed by atoms with Crippen molar-refractivity contribution in [1.82, 2.24) is 5.32 Å². The Balaban J connectivity index is 1.89. The van der Waals surface area contributed by atoms with E-state index in [4.69, 9.17) is 4.74 Å². The highest BCUT2D eigenvalue weighted by atomic mass is 16.5. The maximum absolute atomic E-state index is 9.23. The van der Waals surface area contributed by atoms with Gasteiger partial charge in [-0.25, -0.2) is 0 Å². The van der Waals surface area contributed by atoms with Gasteiger partial charge in [-0.3, -0.25) is 0 Å². The van der Waals surface area contributed by atoms with Crippen molar-refractivity contribution in [3.05, 3.63) is 0 Å². The largest absolute Gasteiger partial charge is 0.396 e. The summed E-state index contributed by atoms with van der Waals surface area (Å²) in [6.07, 6.45) is 9.75. The molecule has 0 radical (unpaired) electrons. The molecule has 2 aliphatic rings. The van der Waals surface area contributed by atoms with Crippen LogP contribution < -0.4 is 5.32 Å². The number of hydrogen-bond donors (Lipinski definition) is 2. The minimum absolute atomic E-state index is 0.162. The van der Waals surface area contributed by atoms with Gasteiger partial charge in [-0.2, -0.15) is 0 Å². The van der Waals surface area contributed by atoms with Gasteiger partial charge in [-0.15, -0.1) is 0 Å². The summed E-state index contributed by atoms with van der Waals surface area (Å²) in [5, 5.41) is 13.1. The van der Waals surface area contributed by atoms with Gasteiger partial charge in [0.15, 0.2) is 0 Å². The van der Waals surface area contributed by atoms with E-state index in [-0.39, 0.29) is 5.54 Å². The second-order valence-corrected chi connectivity index (χ2v) is 5.35. The van der Waals surface area contributed by atoms with E-state index >= 15 is 0 Å². The van der Waals surface area contributed by atoms with Crippen LogP contribution in [0.4, 0.5) is 0 Å². The van der Waals surface area contributed by atoms with E-state index in [0.717, 1.165) is 32.5 Å². The van der Waals surface area contributed by atoms with Gasteiger partial charge in [0, 0.05) is 31.4 Å². The molecule has 3 heteroatoms. The third-order valence-corrected chi connectivity index (χ3v) is 4.16. The summed E-state index contributed by atoms with van der Waals surface area (Å²) >= 11 is 0. The van der Waals surface area contributed by atoms with Gasteiger partial charge < -0.3 is 15.2 Å². The molecule has 0 aromatic rings. The first-order valence-electron chi connectivity index (χ1n) is 6.81. The van der Waals surface area contributed by atoms with Crippen LogP contribution in [-0.2, 0) is 4.74 Å². The average molecular weight is 227 g/mol. The number of ether oxygens (including phenoxy) is 1. The zero-order valence-electron chi connectivity index (χ0n) is 10.2. The molecule has 1 saturated carbocycles. The van der Waals surface area contributed by atoms with Gasteiger partial charge in [0.25, 0.3) is 0 Å². The SMILES string of the molecule is OCCC1(NC2CCCCC2)CCOCC1. The van der Waals surface area contributed by atoms with Crippen LogP contribution in [0.15, 0.2) is 0 Å². The third-order valence-electron chi connectivity index (χ3n) is 4.16. The van der Waals surface area contributed by atoms with Crippen molar-refractivity contribution < 1.29 is 9.84 Å². The topological polar surface area (TPSA) is 41.5 Å². The predicted molar refractivity (Wildman–Crippen MR) is 64.5 cm³/mol. The van der Waals surface area contributed by atoms with Crippen molar-refractivity contribution in [2.45, 2.75) is 62.9 Å².